The molecule has 2 aromatic rings. The second kappa shape index (κ2) is 4.90. The Bertz CT molecular complexity index is 656. The fraction of sp³-hybridized carbons (Fsp3) is 0.273. The van der Waals surface area contributed by atoms with Crippen LogP contribution in [0.2, 0.25) is 5.15 Å². The normalized spacial score (nSPS) is 12.8. The van der Waals surface area contributed by atoms with E-state index in [2.05, 4.69) is 10.1 Å². The molecule has 2 rings (SSSR count). The smallest absolute Gasteiger partial charge is 0.236 e. The summed E-state index contributed by atoms with van der Waals surface area (Å²) >= 11 is 5.72. The van der Waals surface area contributed by atoms with Gasteiger partial charge >= 0.3 is 12.4 Å². The summed E-state index contributed by atoms with van der Waals surface area (Å²) in [5.41, 5.74) is -2.57. The van der Waals surface area contributed by atoms with Crippen molar-refractivity contribution >= 4 is 11.6 Å². The van der Waals surface area contributed by atoms with Gasteiger partial charge in [0.15, 0.2) is 11.5 Å². The Morgan fingerprint density at radius 2 is 1.67 bits per heavy atom. The van der Waals surface area contributed by atoms with E-state index in [1.165, 1.54) is 0 Å². The van der Waals surface area contributed by atoms with Crippen molar-refractivity contribution in [1.82, 2.24) is 14.8 Å². The van der Waals surface area contributed by atoms with E-state index >= 15 is 0 Å². The van der Waals surface area contributed by atoms with E-state index in [1.54, 1.807) is 0 Å². The highest BCUT2D eigenvalue weighted by Gasteiger charge is 2.38. The summed E-state index contributed by atoms with van der Waals surface area (Å²) in [4.78, 5) is 3.44. The number of hydrogen-bond donors (Lipinski definition) is 0. The van der Waals surface area contributed by atoms with Crippen LogP contribution in [0.4, 0.5) is 26.3 Å². The van der Waals surface area contributed by atoms with Gasteiger partial charge in [-0.1, -0.05) is 11.6 Å². The van der Waals surface area contributed by atoms with Crippen molar-refractivity contribution in [2.75, 3.05) is 0 Å². The van der Waals surface area contributed by atoms with Gasteiger partial charge in [-0.25, -0.2) is 9.67 Å². The summed E-state index contributed by atoms with van der Waals surface area (Å²) in [6, 6.07) is 1.57. The van der Waals surface area contributed by atoms with E-state index < -0.39 is 23.6 Å². The van der Waals surface area contributed by atoms with Crippen LogP contribution in [0.15, 0.2) is 18.3 Å². The third-order valence-electron chi connectivity index (χ3n) is 2.61. The summed E-state index contributed by atoms with van der Waals surface area (Å²) in [5.74, 6) is -0.244. The number of hydrogen-bond acceptors (Lipinski definition) is 2. The summed E-state index contributed by atoms with van der Waals surface area (Å²) in [6.07, 6.45) is -8.81. The molecule has 0 radical (unpaired) electrons. The van der Waals surface area contributed by atoms with Gasteiger partial charge in [-0.15, -0.1) is 0 Å². The lowest BCUT2D eigenvalue weighted by Gasteiger charge is -2.07. The molecule has 0 fully saturated rings. The van der Waals surface area contributed by atoms with Crippen LogP contribution < -0.4 is 0 Å². The second-order valence-electron chi connectivity index (χ2n) is 4.08. The fourth-order valence-corrected chi connectivity index (χ4v) is 1.79. The molecular weight excluding hydrogens is 324 g/mol. The lowest BCUT2D eigenvalue weighted by molar-refractivity contribution is -0.141. The number of nitrogens with zero attached hydrogens (tertiary/aromatic N) is 3. The molecule has 3 nitrogen and oxygen atoms in total. The van der Waals surface area contributed by atoms with Crippen LogP contribution >= 0.6 is 11.6 Å². The van der Waals surface area contributed by atoms with Crippen LogP contribution in [0.3, 0.4) is 0 Å². The van der Waals surface area contributed by atoms with Gasteiger partial charge in [0.1, 0.15) is 5.15 Å². The Hall–Kier alpha value is -1.77. The molecule has 0 bridgehead atoms. The van der Waals surface area contributed by atoms with E-state index in [0.717, 1.165) is 13.0 Å². The summed E-state index contributed by atoms with van der Waals surface area (Å²) in [5, 5.41) is 2.89. The number of halogens is 7. The van der Waals surface area contributed by atoms with Crippen molar-refractivity contribution in [2.24, 2.45) is 0 Å². The maximum absolute atomic E-state index is 12.7. The average molecular weight is 330 g/mol. The van der Waals surface area contributed by atoms with Gasteiger partial charge in [0.2, 0.25) is 0 Å². The van der Waals surface area contributed by atoms with Crippen LogP contribution in [0.1, 0.15) is 16.8 Å². The Balaban J connectivity index is 2.48. The minimum Gasteiger partial charge on any atom is -0.236 e. The van der Waals surface area contributed by atoms with E-state index in [9.17, 15) is 26.3 Å². The summed E-state index contributed by atoms with van der Waals surface area (Å²) in [6.45, 7) is 1.11. The Morgan fingerprint density at radius 3 is 2.05 bits per heavy atom. The molecule has 2 aromatic heterocycles. The molecule has 0 spiro atoms. The summed E-state index contributed by atoms with van der Waals surface area (Å²) in [7, 11) is 0. The second-order valence-corrected chi connectivity index (χ2v) is 4.43. The fourth-order valence-electron chi connectivity index (χ4n) is 1.58. The number of aromatic nitrogens is 3. The highest BCUT2D eigenvalue weighted by molar-refractivity contribution is 6.30. The molecule has 10 heteroatoms. The van der Waals surface area contributed by atoms with E-state index in [-0.39, 0.29) is 16.5 Å². The first-order valence-electron chi connectivity index (χ1n) is 5.37. The van der Waals surface area contributed by atoms with Crippen molar-refractivity contribution in [3.05, 3.63) is 40.3 Å². The van der Waals surface area contributed by atoms with Crippen LogP contribution in [0.25, 0.3) is 5.82 Å². The molecular formula is C11H6ClF6N3. The molecule has 0 aromatic carbocycles. The maximum Gasteiger partial charge on any atom is 0.435 e. The zero-order valence-electron chi connectivity index (χ0n) is 10.2. The molecule has 0 aliphatic carbocycles. The van der Waals surface area contributed by atoms with Crippen LogP contribution in [-0.2, 0) is 12.4 Å². The summed E-state index contributed by atoms with van der Waals surface area (Å²) < 4.78 is 75.8. The topological polar surface area (TPSA) is 30.7 Å². The van der Waals surface area contributed by atoms with E-state index in [0.29, 0.717) is 16.9 Å². The quantitative estimate of drug-likeness (QED) is 0.732. The van der Waals surface area contributed by atoms with E-state index in [4.69, 9.17) is 11.6 Å². The van der Waals surface area contributed by atoms with Crippen LogP contribution in [-0.4, -0.2) is 14.8 Å². The molecule has 0 amide bonds. The standard InChI is InChI=1S/C11H6ClF6N3/c1-5-8(11(16,17)18)20-21(9(5)12)7-3-2-6(4-19-7)10(13,14)15/h2-4H,1H3. The van der Waals surface area contributed by atoms with Gasteiger partial charge in [0.25, 0.3) is 0 Å². The van der Waals surface area contributed by atoms with Gasteiger partial charge in [-0.05, 0) is 19.1 Å². The van der Waals surface area contributed by atoms with Crippen molar-refractivity contribution in [2.45, 2.75) is 19.3 Å². The van der Waals surface area contributed by atoms with Crippen molar-refractivity contribution in [3.63, 3.8) is 0 Å². The minimum atomic E-state index is -4.72. The molecule has 2 heterocycles. The molecule has 0 aliphatic heterocycles. The zero-order valence-corrected chi connectivity index (χ0v) is 11.0. The van der Waals surface area contributed by atoms with Crippen molar-refractivity contribution in [1.29, 1.82) is 0 Å². The first kappa shape index (κ1) is 15.6. The predicted molar refractivity (Wildman–Crippen MR) is 61.1 cm³/mol. The monoisotopic (exact) mass is 329 g/mol. The van der Waals surface area contributed by atoms with Gasteiger partial charge in [0.05, 0.1) is 5.56 Å². The molecule has 0 atom stereocenters. The predicted octanol–water partition coefficient (Wildman–Crippen LogP) is 4.27. The SMILES string of the molecule is Cc1c(C(F)(F)F)nn(-c2ccc(C(F)(F)F)cn2)c1Cl. The first-order valence-corrected chi connectivity index (χ1v) is 5.75. The molecule has 114 valence electrons. The van der Waals surface area contributed by atoms with E-state index in [1.807, 2.05) is 0 Å². The van der Waals surface area contributed by atoms with Gasteiger partial charge < -0.3 is 0 Å². The third kappa shape index (κ3) is 2.97. The average Bonchev–Trinajstić information content (AvgIpc) is 2.65. The third-order valence-corrected chi connectivity index (χ3v) is 3.05. The molecule has 0 saturated carbocycles. The molecule has 0 saturated heterocycles. The molecule has 21 heavy (non-hydrogen) atoms. The first-order chi connectivity index (χ1) is 9.51. The highest BCUT2D eigenvalue weighted by atomic mass is 35.5. The molecule has 0 aliphatic rings. The number of alkyl halides is 6. The zero-order chi connectivity index (χ0) is 16.0. The Labute approximate surface area is 119 Å². The Morgan fingerprint density at radius 1 is 1.05 bits per heavy atom. The van der Waals surface area contributed by atoms with Crippen LogP contribution in [0, 0.1) is 6.92 Å². The van der Waals surface area contributed by atoms with Crippen molar-refractivity contribution < 1.29 is 26.3 Å². The number of pyridine rings is 1. The molecule has 0 unspecified atom stereocenters. The van der Waals surface area contributed by atoms with Gasteiger partial charge in [-0.2, -0.15) is 31.4 Å². The highest BCUT2D eigenvalue weighted by Crippen LogP contribution is 2.35. The lowest BCUT2D eigenvalue weighted by atomic mass is 10.2. The molecule has 0 N–H and O–H groups in total. The number of rotatable bonds is 1. The van der Waals surface area contributed by atoms with Crippen molar-refractivity contribution in [3.8, 4) is 5.82 Å². The largest absolute Gasteiger partial charge is 0.435 e. The maximum atomic E-state index is 12.7. The minimum absolute atomic E-state index is 0.244. The van der Waals surface area contributed by atoms with Gasteiger partial charge in [-0.3, -0.25) is 0 Å². The Kier molecular flexibility index (Phi) is 3.64. The van der Waals surface area contributed by atoms with Crippen LogP contribution in [0.5, 0.6) is 0 Å². The van der Waals surface area contributed by atoms with Gasteiger partial charge in [0, 0.05) is 11.8 Å². The lowest BCUT2D eigenvalue weighted by Crippen LogP contribution is -2.10.